The van der Waals surface area contributed by atoms with Crippen LogP contribution in [0.25, 0.3) is 0 Å². The third-order valence-corrected chi connectivity index (χ3v) is 5.81. The molecule has 30 heavy (non-hydrogen) atoms. The van der Waals surface area contributed by atoms with E-state index in [0.29, 0.717) is 21.3 Å². The van der Waals surface area contributed by atoms with Gasteiger partial charge in [-0.2, -0.15) is 5.10 Å². The van der Waals surface area contributed by atoms with Gasteiger partial charge in [-0.3, -0.25) is 15.2 Å². The van der Waals surface area contributed by atoms with E-state index < -0.39 is 23.9 Å². The third-order valence-electron chi connectivity index (χ3n) is 5.27. The lowest BCUT2D eigenvalue weighted by atomic mass is 9.98. The summed E-state index contributed by atoms with van der Waals surface area (Å²) in [5, 5.41) is 19.6. The zero-order valence-corrected chi connectivity index (χ0v) is 17.6. The fourth-order valence-electron chi connectivity index (χ4n) is 3.76. The maximum Gasteiger partial charge on any atom is 0.284 e. The molecule has 158 valence electrons. The Labute approximate surface area is 183 Å². The molecular formula is C21H21Cl2FN4O2. The van der Waals surface area contributed by atoms with Crippen LogP contribution < -0.4 is 10.4 Å². The molecule has 1 saturated heterocycles. The fourth-order valence-corrected chi connectivity index (χ4v) is 4.26. The first-order chi connectivity index (χ1) is 14.4. The van der Waals surface area contributed by atoms with E-state index >= 15 is 0 Å². The zero-order valence-electron chi connectivity index (χ0n) is 16.1. The number of hydrazine groups is 1. The van der Waals surface area contributed by atoms with Crippen LogP contribution >= 0.6 is 23.2 Å². The van der Waals surface area contributed by atoms with Crippen molar-refractivity contribution in [2.75, 3.05) is 18.1 Å². The van der Waals surface area contributed by atoms with Crippen molar-refractivity contribution in [3.8, 4) is 0 Å². The average molecular weight is 451 g/mol. The second-order valence-electron chi connectivity index (χ2n) is 7.36. The van der Waals surface area contributed by atoms with Crippen LogP contribution in [0, 0.1) is 5.82 Å². The highest BCUT2D eigenvalue weighted by atomic mass is 35.5. The van der Waals surface area contributed by atoms with Gasteiger partial charge in [0.2, 0.25) is 0 Å². The van der Waals surface area contributed by atoms with Crippen molar-refractivity contribution in [1.29, 1.82) is 0 Å². The molecule has 0 saturated carbocycles. The molecule has 0 bridgehead atoms. The summed E-state index contributed by atoms with van der Waals surface area (Å²) in [6, 6.07) is 9.86. The Kier molecular flexibility index (Phi) is 6.24. The number of benzene rings is 2. The fraction of sp³-hybridized carbons (Fsp3) is 0.333. The first-order valence-corrected chi connectivity index (χ1v) is 10.5. The van der Waals surface area contributed by atoms with Crippen LogP contribution in [0.4, 0.5) is 10.1 Å². The maximum absolute atomic E-state index is 13.5. The third kappa shape index (κ3) is 4.30. The summed E-state index contributed by atoms with van der Waals surface area (Å²) < 4.78 is 13.5. The molecule has 1 fully saturated rings. The molecule has 0 aromatic heterocycles. The normalized spacial score (nSPS) is 22.1. The largest absolute Gasteiger partial charge is 0.384 e. The number of rotatable bonds is 4. The molecule has 6 nitrogen and oxygen atoms in total. The highest BCUT2D eigenvalue weighted by Crippen LogP contribution is 2.39. The van der Waals surface area contributed by atoms with Gasteiger partial charge >= 0.3 is 0 Å². The van der Waals surface area contributed by atoms with Crippen LogP contribution in [0.2, 0.25) is 10.0 Å². The number of halogens is 3. The lowest BCUT2D eigenvalue weighted by Crippen LogP contribution is -2.49. The number of piperidine rings is 1. The van der Waals surface area contributed by atoms with Gasteiger partial charge < -0.3 is 5.11 Å². The molecular weight excluding hydrogens is 430 g/mol. The van der Waals surface area contributed by atoms with E-state index in [2.05, 4.69) is 10.5 Å². The minimum Gasteiger partial charge on any atom is -0.384 e. The monoisotopic (exact) mass is 450 g/mol. The molecule has 2 heterocycles. The van der Waals surface area contributed by atoms with E-state index in [9.17, 15) is 14.3 Å². The molecule has 2 aromatic carbocycles. The number of hydrazone groups is 1. The zero-order chi connectivity index (χ0) is 21.3. The minimum absolute atomic E-state index is 0.0269. The van der Waals surface area contributed by atoms with E-state index in [1.807, 2.05) is 5.01 Å². The van der Waals surface area contributed by atoms with Crippen molar-refractivity contribution >= 4 is 40.5 Å². The van der Waals surface area contributed by atoms with Gasteiger partial charge in [-0.15, -0.1) is 0 Å². The summed E-state index contributed by atoms with van der Waals surface area (Å²) in [6.07, 6.45) is 1.90. The van der Waals surface area contributed by atoms with Gasteiger partial charge in [0.25, 0.3) is 5.91 Å². The Bertz CT molecular complexity index is 964. The van der Waals surface area contributed by atoms with Crippen molar-refractivity contribution in [2.24, 2.45) is 5.10 Å². The van der Waals surface area contributed by atoms with Gasteiger partial charge in [-0.25, -0.2) is 9.40 Å². The number of aliphatic hydroxyl groups is 1. The molecule has 2 unspecified atom stereocenters. The van der Waals surface area contributed by atoms with Crippen molar-refractivity contribution in [2.45, 2.75) is 31.4 Å². The predicted octanol–water partition coefficient (Wildman–Crippen LogP) is 3.93. The lowest BCUT2D eigenvalue weighted by molar-refractivity contribution is -0.120. The number of carbonyl (C=O) groups is 1. The lowest BCUT2D eigenvalue weighted by Gasteiger charge is -2.27. The van der Waals surface area contributed by atoms with Crippen LogP contribution in [0.5, 0.6) is 0 Å². The number of hydrogen-bond donors (Lipinski definition) is 2. The number of nitrogens with zero attached hydrogens (tertiary/aromatic N) is 3. The summed E-state index contributed by atoms with van der Waals surface area (Å²) in [7, 11) is 0. The Morgan fingerprint density at radius 3 is 2.47 bits per heavy atom. The highest BCUT2D eigenvalue weighted by Gasteiger charge is 2.42. The number of amides is 1. The standard InChI is InChI=1S/C21H21Cl2FN4O2/c22-14-6-9-17(16(23)12-14)28-19(13-4-7-15(24)8-5-13)20(29)18(25-28)21(30)26-27-10-2-1-3-11-27/h4-9,12,19-20,29H,1-3,10-11H2,(H,26,30). The van der Waals surface area contributed by atoms with E-state index in [1.54, 1.807) is 30.3 Å². The quantitative estimate of drug-likeness (QED) is 0.740. The van der Waals surface area contributed by atoms with E-state index in [4.69, 9.17) is 23.2 Å². The Morgan fingerprint density at radius 1 is 1.10 bits per heavy atom. The van der Waals surface area contributed by atoms with E-state index in [1.165, 1.54) is 17.1 Å². The molecule has 2 aromatic rings. The summed E-state index contributed by atoms with van der Waals surface area (Å²) in [4.78, 5) is 12.9. The average Bonchev–Trinajstić information content (AvgIpc) is 3.06. The Balaban J connectivity index is 1.68. The highest BCUT2D eigenvalue weighted by molar-refractivity contribution is 6.41. The number of anilines is 1. The molecule has 2 atom stereocenters. The number of aliphatic hydroxyl groups excluding tert-OH is 1. The van der Waals surface area contributed by atoms with Crippen molar-refractivity contribution in [1.82, 2.24) is 10.4 Å². The first-order valence-electron chi connectivity index (χ1n) is 9.76. The van der Waals surface area contributed by atoms with Crippen LogP contribution in [-0.4, -0.2) is 40.9 Å². The maximum atomic E-state index is 13.5. The molecule has 2 aliphatic rings. The summed E-state index contributed by atoms with van der Waals surface area (Å²) in [6.45, 7) is 1.51. The van der Waals surface area contributed by atoms with Gasteiger partial charge in [0.15, 0.2) is 5.71 Å². The van der Waals surface area contributed by atoms with Crippen LogP contribution in [0.1, 0.15) is 30.9 Å². The molecule has 2 N–H and O–H groups in total. The topological polar surface area (TPSA) is 68.2 Å². The van der Waals surface area contributed by atoms with Crippen molar-refractivity contribution in [3.05, 3.63) is 63.9 Å². The van der Waals surface area contributed by atoms with Gasteiger partial charge in [0, 0.05) is 18.1 Å². The Morgan fingerprint density at radius 2 is 1.80 bits per heavy atom. The molecule has 0 radical (unpaired) electrons. The minimum atomic E-state index is -1.23. The number of nitrogens with one attached hydrogen (secondary N) is 1. The first kappa shape index (κ1) is 21.1. The SMILES string of the molecule is O=C(NN1CCCCC1)C1=NN(c2ccc(Cl)cc2Cl)C(c2ccc(F)cc2)C1O. The van der Waals surface area contributed by atoms with Crippen molar-refractivity contribution < 1.29 is 14.3 Å². The van der Waals surface area contributed by atoms with E-state index in [-0.39, 0.29) is 5.71 Å². The second kappa shape index (κ2) is 8.89. The van der Waals surface area contributed by atoms with Gasteiger partial charge in [0.05, 0.1) is 10.7 Å². The Hall–Kier alpha value is -2.19. The van der Waals surface area contributed by atoms with Gasteiger partial charge in [-0.1, -0.05) is 41.8 Å². The molecule has 9 heteroatoms. The predicted molar refractivity (Wildman–Crippen MR) is 115 cm³/mol. The van der Waals surface area contributed by atoms with E-state index in [0.717, 1.165) is 32.4 Å². The summed E-state index contributed by atoms with van der Waals surface area (Å²) >= 11 is 12.4. The van der Waals surface area contributed by atoms with Gasteiger partial charge in [0.1, 0.15) is 18.0 Å². The molecule has 2 aliphatic heterocycles. The smallest absolute Gasteiger partial charge is 0.284 e. The molecule has 0 aliphatic carbocycles. The number of carbonyl (C=O) groups excluding carboxylic acids is 1. The number of hydrogen-bond acceptors (Lipinski definition) is 5. The van der Waals surface area contributed by atoms with Crippen LogP contribution in [0.15, 0.2) is 47.6 Å². The van der Waals surface area contributed by atoms with Gasteiger partial charge in [-0.05, 0) is 48.7 Å². The van der Waals surface area contributed by atoms with Crippen LogP contribution in [-0.2, 0) is 4.79 Å². The molecule has 0 spiro atoms. The van der Waals surface area contributed by atoms with Crippen LogP contribution in [0.3, 0.4) is 0 Å². The second-order valence-corrected chi connectivity index (χ2v) is 8.20. The summed E-state index contributed by atoms with van der Waals surface area (Å²) in [5.41, 5.74) is 3.88. The van der Waals surface area contributed by atoms with Crippen molar-refractivity contribution in [3.63, 3.8) is 0 Å². The molecule has 1 amide bonds. The molecule has 4 rings (SSSR count). The summed E-state index contributed by atoms with van der Waals surface area (Å²) in [5.74, 6) is -0.865.